The fourth-order valence-electron chi connectivity index (χ4n) is 3.31. The summed E-state index contributed by atoms with van der Waals surface area (Å²) in [6, 6.07) is 4.75. The maximum Gasteiger partial charge on any atom is 0.416 e. The molecule has 8 heteroatoms. The molecule has 1 aliphatic carbocycles. The number of hydrogen-bond acceptors (Lipinski definition) is 2. The monoisotopic (exact) mass is 397 g/mol. The average Bonchev–Trinajstić information content (AvgIpc) is 3.01. The van der Waals surface area contributed by atoms with Gasteiger partial charge in [-0.2, -0.15) is 18.2 Å². The summed E-state index contributed by atoms with van der Waals surface area (Å²) >= 11 is 1.34. The van der Waals surface area contributed by atoms with Crippen LogP contribution >= 0.6 is 11.3 Å². The zero-order valence-corrected chi connectivity index (χ0v) is 16.1. The first-order valence-electron chi connectivity index (χ1n) is 8.94. The minimum Gasteiger partial charge on any atom is -0.323 e. The number of rotatable bonds is 2. The number of benzene rings is 1. The molecule has 27 heavy (non-hydrogen) atoms. The third-order valence-corrected chi connectivity index (χ3v) is 5.76. The van der Waals surface area contributed by atoms with Crippen LogP contribution in [0.4, 0.5) is 18.0 Å². The fraction of sp³-hybridized carbons (Fsp3) is 0.474. The van der Waals surface area contributed by atoms with Crippen molar-refractivity contribution >= 4 is 17.4 Å². The molecule has 1 fully saturated rings. The predicted octanol–water partition coefficient (Wildman–Crippen LogP) is 5.15. The van der Waals surface area contributed by atoms with E-state index >= 15 is 0 Å². The van der Waals surface area contributed by atoms with Crippen LogP contribution in [0.25, 0.3) is 5.69 Å². The van der Waals surface area contributed by atoms with Crippen LogP contribution in [-0.2, 0) is 6.18 Å². The van der Waals surface area contributed by atoms with Gasteiger partial charge in [-0.3, -0.25) is 4.57 Å². The van der Waals surface area contributed by atoms with Gasteiger partial charge >= 0.3 is 12.2 Å². The molecule has 1 saturated carbocycles. The lowest BCUT2D eigenvalue weighted by molar-refractivity contribution is -0.137. The Bertz CT molecular complexity index is 862. The normalized spacial score (nSPS) is 16.6. The van der Waals surface area contributed by atoms with Gasteiger partial charge in [0.2, 0.25) is 0 Å². The highest BCUT2D eigenvalue weighted by Gasteiger charge is 2.30. The zero-order chi connectivity index (χ0) is 19.6. The molecule has 3 rings (SSSR count). The zero-order valence-electron chi connectivity index (χ0n) is 15.3. The van der Waals surface area contributed by atoms with Crippen molar-refractivity contribution in [1.82, 2.24) is 9.47 Å². The van der Waals surface area contributed by atoms with Gasteiger partial charge in [-0.1, -0.05) is 19.3 Å². The third-order valence-electron chi connectivity index (χ3n) is 4.86. The van der Waals surface area contributed by atoms with Gasteiger partial charge < -0.3 is 4.90 Å². The van der Waals surface area contributed by atoms with Crippen LogP contribution in [0.3, 0.4) is 0 Å². The summed E-state index contributed by atoms with van der Waals surface area (Å²) < 4.78 is 40.0. The maximum atomic E-state index is 12.8. The Morgan fingerprint density at radius 3 is 2.41 bits per heavy atom. The first-order valence-corrected chi connectivity index (χ1v) is 9.75. The molecule has 1 heterocycles. The molecule has 1 aliphatic rings. The second-order valence-corrected chi connectivity index (χ2v) is 8.05. The number of amides is 2. The number of halogens is 3. The molecular weight excluding hydrogens is 375 g/mol. The number of carbonyl (C=O) groups is 1. The van der Waals surface area contributed by atoms with Gasteiger partial charge in [0.1, 0.15) is 0 Å². The molecule has 1 aromatic carbocycles. The molecule has 0 spiro atoms. The largest absolute Gasteiger partial charge is 0.416 e. The van der Waals surface area contributed by atoms with Crippen molar-refractivity contribution in [3.8, 4) is 5.69 Å². The Labute approximate surface area is 160 Å². The molecule has 0 bridgehead atoms. The average molecular weight is 397 g/mol. The molecule has 146 valence electrons. The van der Waals surface area contributed by atoms with E-state index in [0.29, 0.717) is 10.5 Å². The molecule has 1 aromatic heterocycles. The smallest absolute Gasteiger partial charge is 0.323 e. The SMILES string of the molecule is Cc1cn(-c2ccc(C(F)(F)F)cc2)/c(=N/C(=O)N(C)C2CCCCC2)s1. The Morgan fingerprint density at radius 1 is 1.19 bits per heavy atom. The number of thiazole rings is 1. The van der Waals surface area contributed by atoms with E-state index in [-0.39, 0.29) is 12.1 Å². The van der Waals surface area contributed by atoms with E-state index in [0.717, 1.165) is 42.7 Å². The molecule has 0 aliphatic heterocycles. The van der Waals surface area contributed by atoms with E-state index in [4.69, 9.17) is 0 Å². The number of aryl methyl sites for hydroxylation is 1. The van der Waals surface area contributed by atoms with Crippen molar-refractivity contribution in [3.05, 3.63) is 45.7 Å². The van der Waals surface area contributed by atoms with E-state index in [2.05, 4.69) is 4.99 Å². The van der Waals surface area contributed by atoms with Gasteiger partial charge in [-0.25, -0.2) is 4.79 Å². The quantitative estimate of drug-likeness (QED) is 0.690. The van der Waals surface area contributed by atoms with E-state index in [1.165, 1.54) is 29.9 Å². The number of hydrogen-bond donors (Lipinski definition) is 0. The molecule has 0 unspecified atom stereocenters. The summed E-state index contributed by atoms with van der Waals surface area (Å²) in [4.78, 5) is 19.9. The van der Waals surface area contributed by atoms with E-state index in [9.17, 15) is 18.0 Å². The van der Waals surface area contributed by atoms with Crippen LogP contribution in [0, 0.1) is 6.92 Å². The standard InChI is InChI=1S/C19H22F3N3OS/c1-13-12-25(16-10-8-14(9-11-16)19(20,21)22)18(27-13)23-17(26)24(2)15-6-4-3-5-7-15/h8-12,15H,3-7H2,1-2H3/b23-18-. The lowest BCUT2D eigenvalue weighted by atomic mass is 9.95. The summed E-state index contributed by atoms with van der Waals surface area (Å²) in [5.41, 5.74) is -0.162. The van der Waals surface area contributed by atoms with Crippen LogP contribution in [0.1, 0.15) is 42.5 Å². The molecule has 2 amide bonds. The van der Waals surface area contributed by atoms with Crippen molar-refractivity contribution in [2.75, 3.05) is 7.05 Å². The van der Waals surface area contributed by atoms with Crippen LogP contribution < -0.4 is 4.80 Å². The summed E-state index contributed by atoms with van der Waals surface area (Å²) in [6.07, 6.45) is 2.81. The van der Waals surface area contributed by atoms with Crippen molar-refractivity contribution in [2.45, 2.75) is 51.2 Å². The van der Waals surface area contributed by atoms with Gasteiger partial charge in [0.15, 0.2) is 4.80 Å². The topological polar surface area (TPSA) is 37.6 Å². The summed E-state index contributed by atoms with van der Waals surface area (Å²) in [5, 5.41) is 0. The van der Waals surface area contributed by atoms with Gasteiger partial charge in [0.25, 0.3) is 0 Å². The second kappa shape index (κ2) is 7.88. The van der Waals surface area contributed by atoms with Crippen LogP contribution in [-0.4, -0.2) is 28.6 Å². The first kappa shape index (κ1) is 19.7. The molecule has 0 saturated heterocycles. The minimum atomic E-state index is -4.38. The van der Waals surface area contributed by atoms with E-state index in [1.807, 2.05) is 6.92 Å². The Balaban J connectivity index is 1.89. The highest BCUT2D eigenvalue weighted by Crippen LogP contribution is 2.29. The third kappa shape index (κ3) is 4.61. The lowest BCUT2D eigenvalue weighted by Gasteiger charge is -2.29. The molecule has 2 aromatic rings. The van der Waals surface area contributed by atoms with Crippen LogP contribution in [0.5, 0.6) is 0 Å². The van der Waals surface area contributed by atoms with Crippen molar-refractivity contribution in [2.24, 2.45) is 4.99 Å². The maximum absolute atomic E-state index is 12.8. The van der Waals surface area contributed by atoms with Gasteiger partial charge in [-0.15, -0.1) is 11.3 Å². The molecule has 0 radical (unpaired) electrons. The van der Waals surface area contributed by atoms with Gasteiger partial charge in [-0.05, 0) is 44.0 Å². The minimum absolute atomic E-state index is 0.204. The number of urea groups is 1. The van der Waals surface area contributed by atoms with Crippen molar-refractivity contribution < 1.29 is 18.0 Å². The van der Waals surface area contributed by atoms with Crippen LogP contribution in [0.2, 0.25) is 0 Å². The number of alkyl halides is 3. The molecule has 0 atom stereocenters. The number of carbonyl (C=O) groups excluding carboxylic acids is 1. The fourth-order valence-corrected chi connectivity index (χ4v) is 4.14. The van der Waals surface area contributed by atoms with E-state index in [1.54, 1.807) is 22.7 Å². The van der Waals surface area contributed by atoms with Gasteiger partial charge in [0.05, 0.1) is 5.56 Å². The Kier molecular flexibility index (Phi) is 5.74. The van der Waals surface area contributed by atoms with E-state index < -0.39 is 11.7 Å². The summed E-state index contributed by atoms with van der Waals surface area (Å²) in [7, 11) is 1.77. The van der Waals surface area contributed by atoms with Gasteiger partial charge in [0, 0.05) is 29.9 Å². The highest BCUT2D eigenvalue weighted by atomic mass is 32.1. The highest BCUT2D eigenvalue weighted by molar-refractivity contribution is 7.09. The lowest BCUT2D eigenvalue weighted by Crippen LogP contribution is -2.37. The summed E-state index contributed by atoms with van der Waals surface area (Å²) in [6.45, 7) is 1.87. The number of aromatic nitrogens is 1. The van der Waals surface area contributed by atoms with Crippen molar-refractivity contribution in [3.63, 3.8) is 0 Å². The first-order chi connectivity index (χ1) is 12.8. The molecule has 4 nitrogen and oxygen atoms in total. The Morgan fingerprint density at radius 2 is 1.81 bits per heavy atom. The molecular formula is C19H22F3N3OS. The summed E-state index contributed by atoms with van der Waals surface area (Å²) in [5.74, 6) is 0. The molecule has 0 N–H and O–H groups in total. The van der Waals surface area contributed by atoms with Crippen LogP contribution in [0.15, 0.2) is 35.5 Å². The second-order valence-electron chi connectivity index (χ2n) is 6.84. The predicted molar refractivity (Wildman–Crippen MR) is 99.0 cm³/mol. The Hall–Kier alpha value is -2.09. The number of nitrogens with zero attached hydrogens (tertiary/aromatic N) is 3. The van der Waals surface area contributed by atoms with Crippen molar-refractivity contribution in [1.29, 1.82) is 0 Å².